The van der Waals surface area contributed by atoms with Crippen molar-refractivity contribution in [2.45, 2.75) is 76.7 Å². The van der Waals surface area contributed by atoms with Crippen molar-refractivity contribution in [1.82, 2.24) is 25.2 Å². The largest absolute Gasteiger partial charge is 0.494 e. The lowest BCUT2D eigenvalue weighted by Gasteiger charge is -2.09. The summed E-state index contributed by atoms with van der Waals surface area (Å²) in [4.78, 5) is 32.9. The van der Waals surface area contributed by atoms with Crippen molar-refractivity contribution < 1.29 is 19.8 Å². The molecule has 0 bridgehead atoms. The molecule has 0 atom stereocenters. The van der Waals surface area contributed by atoms with E-state index in [9.17, 15) is 19.8 Å². The van der Waals surface area contributed by atoms with E-state index in [4.69, 9.17) is 0 Å². The lowest BCUT2D eigenvalue weighted by Crippen LogP contribution is -2.26. The number of carbonyl (C=O) groups is 2. The Morgan fingerprint density at radius 2 is 1.39 bits per heavy atom. The summed E-state index contributed by atoms with van der Waals surface area (Å²) in [7, 11) is 0. The first-order chi connectivity index (χ1) is 22.4. The standard InChI is InChI=1S/C36H49N5O4S/c1-3-4-5-6-7-8-9-10-11-12-13-14-15-16-17-18-19-20-21-22-33(42)37-23-25-41-34(43)27-32(36(41)45)46-26-24-38-35(44)31-29-39-30(2)28-40-31/h4-5,7-8,10-11,13-14,16-17,19-20,27-29,43,45H,3,6,9,12,15,18,21-26H2,1-2H3,(H,37,42)(H,38,44). The molecule has 4 N–H and O–H groups in total. The molecule has 0 aromatic carbocycles. The topological polar surface area (TPSA) is 129 Å². The number of aryl methyl sites for hydroxylation is 1. The lowest BCUT2D eigenvalue weighted by molar-refractivity contribution is -0.121. The number of rotatable bonds is 22. The van der Waals surface area contributed by atoms with Crippen molar-refractivity contribution in [2.24, 2.45) is 0 Å². The molecule has 0 unspecified atom stereocenters. The molecule has 0 aliphatic heterocycles. The van der Waals surface area contributed by atoms with Gasteiger partial charge in [-0.05, 0) is 51.9 Å². The molecule has 2 rings (SSSR count). The summed E-state index contributed by atoms with van der Waals surface area (Å²) in [6, 6.07) is 1.47. The van der Waals surface area contributed by atoms with Gasteiger partial charge in [-0.15, -0.1) is 11.8 Å². The molecule has 0 spiro atoms. The van der Waals surface area contributed by atoms with Gasteiger partial charge in [-0.2, -0.15) is 0 Å². The Labute approximate surface area is 278 Å². The number of nitrogens with zero attached hydrogens (tertiary/aromatic N) is 3. The smallest absolute Gasteiger partial charge is 0.271 e. The van der Waals surface area contributed by atoms with E-state index in [0.29, 0.717) is 30.0 Å². The van der Waals surface area contributed by atoms with Crippen LogP contribution in [-0.4, -0.2) is 55.4 Å². The van der Waals surface area contributed by atoms with Crippen LogP contribution in [0, 0.1) is 6.92 Å². The minimum atomic E-state index is -0.325. The summed E-state index contributed by atoms with van der Waals surface area (Å²) in [5, 5.41) is 26.3. The lowest BCUT2D eigenvalue weighted by atomic mass is 10.2. The quantitative estimate of drug-likeness (QED) is 0.0609. The second-order valence-corrected chi connectivity index (χ2v) is 11.4. The van der Waals surface area contributed by atoms with E-state index in [1.807, 2.05) is 6.08 Å². The van der Waals surface area contributed by atoms with Gasteiger partial charge >= 0.3 is 0 Å². The molecule has 0 aliphatic rings. The minimum absolute atomic E-state index is 0.0783. The van der Waals surface area contributed by atoms with E-state index < -0.39 is 0 Å². The maximum Gasteiger partial charge on any atom is 0.271 e. The van der Waals surface area contributed by atoms with Crippen molar-refractivity contribution in [3.05, 3.63) is 103 Å². The highest BCUT2D eigenvalue weighted by Crippen LogP contribution is 2.35. The fourth-order valence-corrected chi connectivity index (χ4v) is 4.86. The zero-order chi connectivity index (χ0) is 33.2. The predicted octanol–water partition coefficient (Wildman–Crippen LogP) is 7.11. The SMILES string of the molecule is CCC=CCC=CCC=CCC=CCC=CCC=CCCC(=O)NCCn1c(O)cc(SCCNC(=O)c2cnc(C)cn2)c1O. The number of aromatic nitrogens is 3. The third kappa shape index (κ3) is 16.7. The summed E-state index contributed by atoms with van der Waals surface area (Å²) in [6.45, 7) is 4.78. The summed E-state index contributed by atoms with van der Waals surface area (Å²) in [5.41, 5.74) is 0.967. The third-order valence-corrected chi connectivity index (χ3v) is 7.48. The van der Waals surface area contributed by atoms with Gasteiger partial charge in [0.25, 0.3) is 5.91 Å². The van der Waals surface area contributed by atoms with Gasteiger partial charge in [-0.1, -0.05) is 79.8 Å². The van der Waals surface area contributed by atoms with Gasteiger partial charge in [-0.25, -0.2) is 4.98 Å². The summed E-state index contributed by atoms with van der Waals surface area (Å²) >= 11 is 1.30. The fourth-order valence-electron chi connectivity index (χ4n) is 4.00. The van der Waals surface area contributed by atoms with Gasteiger partial charge in [0, 0.05) is 44.1 Å². The number of aromatic hydroxyl groups is 2. The molecule has 2 amide bonds. The van der Waals surface area contributed by atoms with Crippen LogP contribution in [0.3, 0.4) is 0 Å². The number of hydrogen-bond acceptors (Lipinski definition) is 7. The predicted molar refractivity (Wildman–Crippen MR) is 188 cm³/mol. The summed E-state index contributed by atoms with van der Waals surface area (Å²) in [6.07, 6.45) is 35.5. The van der Waals surface area contributed by atoms with Crippen LogP contribution in [0.2, 0.25) is 0 Å². The number of nitrogens with one attached hydrogen (secondary N) is 2. The van der Waals surface area contributed by atoms with Crippen LogP contribution in [0.25, 0.3) is 0 Å². The highest BCUT2D eigenvalue weighted by atomic mass is 32.2. The first-order valence-electron chi connectivity index (χ1n) is 15.9. The molecule has 2 aromatic rings. The number of allylic oxidation sites excluding steroid dienone is 12. The molecule has 0 aliphatic carbocycles. The second kappa shape index (κ2) is 24.0. The van der Waals surface area contributed by atoms with Gasteiger partial charge in [0.05, 0.1) is 16.8 Å². The Hall–Kier alpha value is -4.31. The molecule has 248 valence electrons. The number of thioether (sulfide) groups is 1. The van der Waals surface area contributed by atoms with Crippen molar-refractivity contribution >= 4 is 23.6 Å². The molecular formula is C36H49N5O4S. The number of amides is 2. The Morgan fingerprint density at radius 1 is 0.804 bits per heavy atom. The van der Waals surface area contributed by atoms with E-state index in [0.717, 1.165) is 44.2 Å². The third-order valence-electron chi connectivity index (χ3n) is 6.46. The van der Waals surface area contributed by atoms with Crippen LogP contribution in [0.4, 0.5) is 0 Å². The first-order valence-corrected chi connectivity index (χ1v) is 16.9. The van der Waals surface area contributed by atoms with Crippen LogP contribution in [-0.2, 0) is 11.3 Å². The maximum atomic E-state index is 12.2. The highest BCUT2D eigenvalue weighted by Gasteiger charge is 2.15. The van der Waals surface area contributed by atoms with Crippen LogP contribution < -0.4 is 10.6 Å². The van der Waals surface area contributed by atoms with Gasteiger partial charge < -0.3 is 20.8 Å². The van der Waals surface area contributed by atoms with Gasteiger partial charge in [0.15, 0.2) is 5.88 Å². The molecule has 9 nitrogen and oxygen atoms in total. The van der Waals surface area contributed by atoms with Gasteiger partial charge in [0.2, 0.25) is 11.8 Å². The number of carbonyl (C=O) groups excluding carboxylic acids is 2. The normalized spacial score (nSPS) is 12.2. The molecule has 46 heavy (non-hydrogen) atoms. The van der Waals surface area contributed by atoms with Crippen LogP contribution in [0.5, 0.6) is 11.8 Å². The minimum Gasteiger partial charge on any atom is -0.494 e. The van der Waals surface area contributed by atoms with Crippen molar-refractivity contribution in [3.8, 4) is 11.8 Å². The molecular weight excluding hydrogens is 598 g/mol. The summed E-state index contributed by atoms with van der Waals surface area (Å²) < 4.78 is 1.34. The molecule has 10 heteroatoms. The summed E-state index contributed by atoms with van der Waals surface area (Å²) in [5.74, 6) is -0.104. The van der Waals surface area contributed by atoms with E-state index in [-0.39, 0.29) is 42.4 Å². The Balaban J connectivity index is 1.52. The molecule has 0 radical (unpaired) electrons. The van der Waals surface area contributed by atoms with Crippen molar-refractivity contribution in [1.29, 1.82) is 0 Å². The van der Waals surface area contributed by atoms with E-state index in [1.165, 1.54) is 34.8 Å². The van der Waals surface area contributed by atoms with E-state index in [1.54, 1.807) is 6.92 Å². The Morgan fingerprint density at radius 3 is 1.96 bits per heavy atom. The monoisotopic (exact) mass is 647 g/mol. The van der Waals surface area contributed by atoms with Crippen LogP contribution in [0.1, 0.15) is 74.5 Å². The molecule has 0 fully saturated rings. The molecule has 0 saturated heterocycles. The molecule has 0 saturated carbocycles. The Bertz CT molecular complexity index is 1360. The van der Waals surface area contributed by atoms with E-state index >= 15 is 0 Å². The van der Waals surface area contributed by atoms with Gasteiger partial charge in [-0.3, -0.25) is 19.1 Å². The van der Waals surface area contributed by atoms with Crippen molar-refractivity contribution in [2.75, 3.05) is 18.8 Å². The van der Waals surface area contributed by atoms with Gasteiger partial charge in [0.1, 0.15) is 5.69 Å². The average molecular weight is 648 g/mol. The fraction of sp³-hybridized carbons (Fsp3) is 0.389. The van der Waals surface area contributed by atoms with E-state index in [2.05, 4.69) is 94.4 Å². The molecule has 2 heterocycles. The maximum absolute atomic E-state index is 12.2. The first kappa shape index (κ1) is 37.9. The second-order valence-electron chi connectivity index (χ2n) is 10.3. The van der Waals surface area contributed by atoms with Crippen molar-refractivity contribution in [3.63, 3.8) is 0 Å². The molecule has 2 aromatic heterocycles. The average Bonchev–Trinajstić information content (AvgIpc) is 3.32. The number of hydrogen-bond donors (Lipinski definition) is 4. The Kier molecular flexibility index (Phi) is 19.8. The zero-order valence-corrected chi connectivity index (χ0v) is 27.9. The highest BCUT2D eigenvalue weighted by molar-refractivity contribution is 7.99. The van der Waals surface area contributed by atoms with Crippen LogP contribution in [0.15, 0.2) is 96.3 Å². The zero-order valence-electron chi connectivity index (χ0n) is 27.1. The van der Waals surface area contributed by atoms with Crippen LogP contribution >= 0.6 is 11.8 Å².